The van der Waals surface area contributed by atoms with Crippen LogP contribution in [0.1, 0.15) is 28.4 Å². The van der Waals surface area contributed by atoms with E-state index in [1.165, 1.54) is 0 Å². The Balaban J connectivity index is 3.53. The van der Waals surface area contributed by atoms with E-state index < -0.39 is 5.97 Å². The molecule has 3 nitrogen and oxygen atoms in total. The topological polar surface area (TPSA) is 61.1 Å². The highest BCUT2D eigenvalue weighted by Crippen LogP contribution is 2.21. The fourth-order valence-corrected chi connectivity index (χ4v) is 2.06. The number of halogens is 1. The number of carboxylic acids is 1. The lowest BCUT2D eigenvalue weighted by atomic mass is 10.00. The summed E-state index contributed by atoms with van der Waals surface area (Å²) in [5.74, 6) is -0.969. The van der Waals surface area contributed by atoms with Crippen LogP contribution in [0.15, 0.2) is 12.1 Å². The van der Waals surface area contributed by atoms with Gasteiger partial charge in [-0.15, -0.1) is 0 Å². The molecule has 0 aliphatic heterocycles. The van der Waals surface area contributed by atoms with Crippen LogP contribution in [0.3, 0.4) is 0 Å². The van der Waals surface area contributed by atoms with Crippen LogP contribution in [0.5, 0.6) is 0 Å². The Morgan fingerprint density at radius 3 is 2.71 bits per heavy atom. The third-order valence-corrected chi connectivity index (χ3v) is 2.85. The Morgan fingerprint density at radius 1 is 1.64 bits per heavy atom. The summed E-state index contributed by atoms with van der Waals surface area (Å²) in [5, 5.41) is 17.8. The second kappa shape index (κ2) is 4.42. The summed E-state index contributed by atoms with van der Waals surface area (Å²) in [7, 11) is 0. The van der Waals surface area contributed by atoms with Gasteiger partial charge in [0, 0.05) is 3.57 Å². The molecule has 4 heteroatoms. The van der Waals surface area contributed by atoms with Crippen LogP contribution in [0.25, 0.3) is 0 Å². The zero-order valence-electron chi connectivity index (χ0n) is 7.54. The van der Waals surface area contributed by atoms with Gasteiger partial charge in [-0.25, -0.2) is 4.79 Å². The van der Waals surface area contributed by atoms with Crippen LogP contribution >= 0.6 is 22.6 Å². The van der Waals surface area contributed by atoms with Crippen LogP contribution in [0, 0.1) is 14.9 Å². The van der Waals surface area contributed by atoms with Gasteiger partial charge in [0.05, 0.1) is 17.2 Å². The minimum Gasteiger partial charge on any atom is -0.478 e. The number of rotatable bonds is 2. The lowest BCUT2D eigenvalue weighted by Crippen LogP contribution is -2.06. The Morgan fingerprint density at radius 2 is 2.29 bits per heavy atom. The Kier molecular flexibility index (Phi) is 3.47. The first kappa shape index (κ1) is 11.0. The van der Waals surface area contributed by atoms with Crippen LogP contribution < -0.4 is 0 Å². The number of nitriles is 1. The summed E-state index contributed by atoms with van der Waals surface area (Å²) in [4.78, 5) is 11.0. The van der Waals surface area contributed by atoms with Crippen molar-refractivity contribution in [3.05, 3.63) is 32.4 Å². The Labute approximate surface area is 95.5 Å². The van der Waals surface area contributed by atoms with Crippen LogP contribution in [0.4, 0.5) is 0 Å². The first-order chi connectivity index (χ1) is 6.61. The van der Waals surface area contributed by atoms with Crippen molar-refractivity contribution in [2.45, 2.75) is 13.3 Å². The summed E-state index contributed by atoms with van der Waals surface area (Å²) in [5.41, 5.74) is 1.32. The number of carbonyl (C=O) groups is 1. The summed E-state index contributed by atoms with van der Waals surface area (Å²) in [6.07, 6.45) is 0.557. The van der Waals surface area contributed by atoms with Crippen LogP contribution in [-0.2, 0) is 6.42 Å². The third-order valence-electron chi connectivity index (χ3n) is 1.95. The Bertz CT molecular complexity index is 421. The molecule has 0 unspecified atom stereocenters. The number of aromatic carboxylic acids is 1. The number of benzene rings is 1. The molecular formula is C10H8INO2. The number of hydrogen-bond acceptors (Lipinski definition) is 2. The molecule has 0 aliphatic rings. The van der Waals surface area contributed by atoms with Gasteiger partial charge in [0.2, 0.25) is 0 Å². The fourth-order valence-electron chi connectivity index (χ4n) is 1.32. The normalized spacial score (nSPS) is 9.50. The molecule has 0 atom stereocenters. The molecule has 0 aromatic heterocycles. The van der Waals surface area contributed by atoms with Gasteiger partial charge >= 0.3 is 5.97 Å². The van der Waals surface area contributed by atoms with E-state index in [0.29, 0.717) is 21.1 Å². The molecule has 1 aromatic carbocycles. The molecule has 0 radical (unpaired) electrons. The monoisotopic (exact) mass is 301 g/mol. The van der Waals surface area contributed by atoms with Gasteiger partial charge in [-0.05, 0) is 46.7 Å². The molecule has 0 heterocycles. The zero-order chi connectivity index (χ0) is 10.7. The smallest absolute Gasteiger partial charge is 0.337 e. The third kappa shape index (κ3) is 1.87. The minimum absolute atomic E-state index is 0.257. The predicted molar refractivity (Wildman–Crippen MR) is 60.2 cm³/mol. The molecule has 1 N–H and O–H groups in total. The molecule has 0 amide bonds. The lowest BCUT2D eigenvalue weighted by molar-refractivity contribution is 0.0694. The summed E-state index contributed by atoms with van der Waals surface area (Å²) < 4.78 is 0.672. The predicted octanol–water partition coefficient (Wildman–Crippen LogP) is 2.42. The van der Waals surface area contributed by atoms with Crippen LogP contribution in [-0.4, -0.2) is 11.1 Å². The van der Waals surface area contributed by atoms with Crippen molar-refractivity contribution in [3.8, 4) is 6.07 Å². The standard InChI is InChI=1S/C10H8INO2/c1-2-7-6(5-12)3-4-8(11)9(7)10(13)14/h3-4H,2H2,1H3,(H,13,14). The quantitative estimate of drug-likeness (QED) is 0.853. The lowest BCUT2D eigenvalue weighted by Gasteiger charge is -2.07. The van der Waals surface area contributed by atoms with Crippen molar-refractivity contribution < 1.29 is 9.90 Å². The number of nitrogens with zero attached hydrogens (tertiary/aromatic N) is 1. The molecule has 0 bridgehead atoms. The first-order valence-corrected chi connectivity index (χ1v) is 5.14. The van der Waals surface area contributed by atoms with E-state index in [9.17, 15) is 4.79 Å². The molecule has 72 valence electrons. The maximum Gasteiger partial charge on any atom is 0.337 e. The van der Waals surface area contributed by atoms with Crippen molar-refractivity contribution in [2.24, 2.45) is 0 Å². The highest BCUT2D eigenvalue weighted by atomic mass is 127. The summed E-state index contributed by atoms with van der Waals surface area (Å²) >= 11 is 1.97. The van der Waals surface area contributed by atoms with Gasteiger partial charge in [0.1, 0.15) is 0 Å². The van der Waals surface area contributed by atoms with Crippen molar-refractivity contribution in [2.75, 3.05) is 0 Å². The van der Waals surface area contributed by atoms with Crippen molar-refractivity contribution in [1.82, 2.24) is 0 Å². The van der Waals surface area contributed by atoms with Gasteiger partial charge in [-0.2, -0.15) is 5.26 Å². The molecule has 0 saturated carbocycles. The summed E-state index contributed by atoms with van der Waals surface area (Å²) in [6, 6.07) is 5.32. The molecule has 0 fully saturated rings. The second-order valence-corrected chi connectivity index (χ2v) is 3.88. The molecule has 0 spiro atoms. The van der Waals surface area contributed by atoms with E-state index in [2.05, 4.69) is 0 Å². The van der Waals surface area contributed by atoms with E-state index in [1.54, 1.807) is 12.1 Å². The maximum absolute atomic E-state index is 11.0. The van der Waals surface area contributed by atoms with E-state index in [1.807, 2.05) is 35.6 Å². The van der Waals surface area contributed by atoms with Gasteiger partial charge < -0.3 is 5.11 Å². The fraction of sp³-hybridized carbons (Fsp3) is 0.200. The second-order valence-electron chi connectivity index (χ2n) is 2.72. The highest BCUT2D eigenvalue weighted by Gasteiger charge is 2.16. The number of carboxylic acid groups (broad SMARTS) is 1. The van der Waals surface area contributed by atoms with Gasteiger partial charge in [0.15, 0.2) is 0 Å². The van der Waals surface area contributed by atoms with E-state index in [0.717, 1.165) is 0 Å². The molecule has 1 rings (SSSR count). The maximum atomic E-state index is 11.0. The molecule has 14 heavy (non-hydrogen) atoms. The van der Waals surface area contributed by atoms with Crippen molar-refractivity contribution in [1.29, 1.82) is 5.26 Å². The first-order valence-electron chi connectivity index (χ1n) is 4.06. The highest BCUT2D eigenvalue weighted by molar-refractivity contribution is 14.1. The largest absolute Gasteiger partial charge is 0.478 e. The SMILES string of the molecule is CCc1c(C#N)ccc(I)c1C(=O)O. The van der Waals surface area contributed by atoms with Gasteiger partial charge in [-0.1, -0.05) is 6.92 Å². The summed E-state index contributed by atoms with van der Waals surface area (Å²) in [6.45, 7) is 1.85. The average molecular weight is 301 g/mol. The number of hydrogen-bond donors (Lipinski definition) is 1. The molecule has 0 saturated heterocycles. The zero-order valence-corrected chi connectivity index (χ0v) is 9.70. The van der Waals surface area contributed by atoms with Gasteiger partial charge in [0.25, 0.3) is 0 Å². The molecule has 1 aromatic rings. The van der Waals surface area contributed by atoms with E-state index in [4.69, 9.17) is 10.4 Å². The molecule has 0 aliphatic carbocycles. The van der Waals surface area contributed by atoms with Gasteiger partial charge in [-0.3, -0.25) is 0 Å². The minimum atomic E-state index is -0.969. The van der Waals surface area contributed by atoms with Crippen molar-refractivity contribution >= 4 is 28.6 Å². The Hall–Kier alpha value is -1.09. The molecular weight excluding hydrogens is 293 g/mol. The van der Waals surface area contributed by atoms with E-state index in [-0.39, 0.29) is 5.56 Å². The van der Waals surface area contributed by atoms with Crippen LogP contribution in [0.2, 0.25) is 0 Å². The van der Waals surface area contributed by atoms with E-state index >= 15 is 0 Å². The van der Waals surface area contributed by atoms with Crippen molar-refractivity contribution in [3.63, 3.8) is 0 Å². The average Bonchev–Trinajstić information content (AvgIpc) is 2.16.